The third-order valence-electron chi connectivity index (χ3n) is 3.23. The number of H-pyrrole nitrogens is 1. The molecule has 1 unspecified atom stereocenters. The van der Waals surface area contributed by atoms with Gasteiger partial charge in [-0.2, -0.15) is 0 Å². The number of nitrogens with zero attached hydrogens (tertiary/aromatic N) is 1. The maximum atomic E-state index is 10.9. The minimum atomic E-state index is -0.647. The molecule has 2 N–H and O–H groups in total. The SMILES string of the molecule is O=C(O)C1CCCN(CCc2cc[nH]c2)C1. The van der Waals surface area contributed by atoms with Gasteiger partial charge in [-0.1, -0.05) is 0 Å². The molecule has 4 heteroatoms. The molecule has 0 aliphatic carbocycles. The number of aromatic amines is 1. The maximum absolute atomic E-state index is 10.9. The Morgan fingerprint density at radius 2 is 2.50 bits per heavy atom. The van der Waals surface area contributed by atoms with E-state index in [0.717, 1.165) is 32.4 Å². The van der Waals surface area contributed by atoms with Gasteiger partial charge in [0.15, 0.2) is 0 Å². The normalized spacial score (nSPS) is 22.1. The molecular formula is C12H18N2O2. The van der Waals surface area contributed by atoms with E-state index in [0.29, 0.717) is 6.54 Å². The minimum Gasteiger partial charge on any atom is -0.481 e. The summed E-state index contributed by atoms with van der Waals surface area (Å²) < 4.78 is 0. The first-order chi connectivity index (χ1) is 7.75. The van der Waals surface area contributed by atoms with Gasteiger partial charge >= 0.3 is 5.97 Å². The standard InChI is InChI=1S/C12H18N2O2/c15-12(16)11-2-1-6-14(9-11)7-4-10-3-5-13-8-10/h3,5,8,11,13H,1-2,4,6-7,9H2,(H,15,16). The van der Waals surface area contributed by atoms with E-state index in [-0.39, 0.29) is 5.92 Å². The van der Waals surface area contributed by atoms with Crippen LogP contribution in [0.3, 0.4) is 0 Å². The molecule has 16 heavy (non-hydrogen) atoms. The fourth-order valence-electron chi connectivity index (χ4n) is 2.26. The lowest BCUT2D eigenvalue weighted by Crippen LogP contribution is -2.39. The molecule has 0 spiro atoms. The average Bonchev–Trinajstić information content (AvgIpc) is 2.79. The zero-order valence-corrected chi connectivity index (χ0v) is 9.35. The lowest BCUT2D eigenvalue weighted by atomic mass is 9.98. The topological polar surface area (TPSA) is 56.3 Å². The summed E-state index contributed by atoms with van der Waals surface area (Å²) in [7, 11) is 0. The fraction of sp³-hybridized carbons (Fsp3) is 0.583. The molecule has 0 bridgehead atoms. The number of rotatable bonds is 4. The van der Waals surface area contributed by atoms with Crippen molar-refractivity contribution in [1.29, 1.82) is 0 Å². The molecule has 1 fully saturated rings. The van der Waals surface area contributed by atoms with Gasteiger partial charge in [0.1, 0.15) is 0 Å². The third-order valence-corrected chi connectivity index (χ3v) is 3.23. The van der Waals surface area contributed by atoms with E-state index in [2.05, 4.69) is 16.0 Å². The molecule has 0 aromatic carbocycles. The summed E-state index contributed by atoms with van der Waals surface area (Å²) in [6.45, 7) is 2.70. The number of carbonyl (C=O) groups is 1. The molecular weight excluding hydrogens is 204 g/mol. The van der Waals surface area contributed by atoms with Crippen LogP contribution < -0.4 is 0 Å². The van der Waals surface area contributed by atoms with Crippen molar-refractivity contribution in [2.24, 2.45) is 5.92 Å². The maximum Gasteiger partial charge on any atom is 0.307 e. The highest BCUT2D eigenvalue weighted by atomic mass is 16.4. The first-order valence-corrected chi connectivity index (χ1v) is 5.82. The van der Waals surface area contributed by atoms with E-state index in [9.17, 15) is 4.79 Å². The summed E-state index contributed by atoms with van der Waals surface area (Å²) in [4.78, 5) is 16.2. The number of hydrogen-bond acceptors (Lipinski definition) is 2. The van der Waals surface area contributed by atoms with Crippen molar-refractivity contribution in [2.45, 2.75) is 19.3 Å². The van der Waals surface area contributed by atoms with Crippen LogP contribution >= 0.6 is 0 Å². The second kappa shape index (κ2) is 5.16. The molecule has 4 nitrogen and oxygen atoms in total. The Morgan fingerprint density at radius 1 is 1.62 bits per heavy atom. The number of aliphatic carboxylic acids is 1. The van der Waals surface area contributed by atoms with Crippen LogP contribution in [-0.2, 0) is 11.2 Å². The van der Waals surface area contributed by atoms with Gasteiger partial charge in [-0.05, 0) is 37.4 Å². The Bertz CT molecular complexity index is 335. The van der Waals surface area contributed by atoms with Crippen LogP contribution in [-0.4, -0.2) is 40.6 Å². The number of aromatic nitrogens is 1. The van der Waals surface area contributed by atoms with Crippen LogP contribution in [0.2, 0.25) is 0 Å². The lowest BCUT2D eigenvalue weighted by Gasteiger charge is -2.30. The number of nitrogens with one attached hydrogen (secondary N) is 1. The highest BCUT2D eigenvalue weighted by Crippen LogP contribution is 2.16. The number of hydrogen-bond donors (Lipinski definition) is 2. The Morgan fingerprint density at radius 3 is 3.19 bits per heavy atom. The Balaban J connectivity index is 1.79. The van der Waals surface area contributed by atoms with Crippen LogP contribution in [0.1, 0.15) is 18.4 Å². The summed E-state index contributed by atoms with van der Waals surface area (Å²) >= 11 is 0. The van der Waals surface area contributed by atoms with Crippen molar-refractivity contribution < 1.29 is 9.90 Å². The Kier molecular flexibility index (Phi) is 3.62. The Hall–Kier alpha value is -1.29. The molecule has 1 aliphatic heterocycles. The van der Waals surface area contributed by atoms with Crippen LogP contribution in [0, 0.1) is 5.92 Å². The summed E-state index contributed by atoms with van der Waals surface area (Å²) in [5.74, 6) is -0.814. The first-order valence-electron chi connectivity index (χ1n) is 5.82. The fourth-order valence-corrected chi connectivity index (χ4v) is 2.26. The van der Waals surface area contributed by atoms with Crippen molar-refractivity contribution in [3.05, 3.63) is 24.0 Å². The summed E-state index contributed by atoms with van der Waals surface area (Å²) in [6.07, 6.45) is 6.75. The molecule has 2 rings (SSSR count). The van der Waals surface area contributed by atoms with Gasteiger partial charge in [0.2, 0.25) is 0 Å². The quantitative estimate of drug-likeness (QED) is 0.808. The molecule has 1 aliphatic rings. The molecule has 2 heterocycles. The van der Waals surface area contributed by atoms with Crippen molar-refractivity contribution in [3.63, 3.8) is 0 Å². The van der Waals surface area contributed by atoms with Gasteiger partial charge in [0.05, 0.1) is 5.92 Å². The molecule has 1 aromatic heterocycles. The molecule has 1 atom stereocenters. The van der Waals surface area contributed by atoms with E-state index in [1.54, 1.807) is 0 Å². The van der Waals surface area contributed by atoms with Gasteiger partial charge in [0, 0.05) is 25.5 Å². The van der Waals surface area contributed by atoms with Gasteiger partial charge in [-0.3, -0.25) is 4.79 Å². The van der Waals surface area contributed by atoms with Crippen LogP contribution in [0.4, 0.5) is 0 Å². The monoisotopic (exact) mass is 222 g/mol. The molecule has 1 aromatic rings. The van der Waals surface area contributed by atoms with E-state index < -0.39 is 5.97 Å². The number of carboxylic acid groups (broad SMARTS) is 1. The lowest BCUT2D eigenvalue weighted by molar-refractivity contribution is -0.143. The zero-order chi connectivity index (χ0) is 11.4. The van der Waals surface area contributed by atoms with Crippen molar-refractivity contribution >= 4 is 5.97 Å². The second-order valence-corrected chi connectivity index (χ2v) is 4.45. The van der Waals surface area contributed by atoms with Crippen molar-refractivity contribution in [1.82, 2.24) is 9.88 Å². The first kappa shape index (κ1) is 11.2. The van der Waals surface area contributed by atoms with E-state index in [1.165, 1.54) is 5.56 Å². The van der Waals surface area contributed by atoms with Crippen LogP contribution in [0.15, 0.2) is 18.5 Å². The van der Waals surface area contributed by atoms with Gasteiger partial charge in [0.25, 0.3) is 0 Å². The summed E-state index contributed by atoms with van der Waals surface area (Å²) in [5, 5.41) is 8.98. The highest BCUT2D eigenvalue weighted by molar-refractivity contribution is 5.70. The van der Waals surface area contributed by atoms with E-state index >= 15 is 0 Å². The van der Waals surface area contributed by atoms with E-state index in [4.69, 9.17) is 5.11 Å². The predicted octanol–water partition coefficient (Wildman–Crippen LogP) is 1.35. The third kappa shape index (κ3) is 2.85. The minimum absolute atomic E-state index is 0.167. The largest absolute Gasteiger partial charge is 0.481 e. The van der Waals surface area contributed by atoms with Crippen molar-refractivity contribution in [3.8, 4) is 0 Å². The molecule has 1 saturated heterocycles. The number of piperidine rings is 1. The Labute approximate surface area is 95.3 Å². The smallest absolute Gasteiger partial charge is 0.307 e. The van der Waals surface area contributed by atoms with Gasteiger partial charge in [-0.25, -0.2) is 0 Å². The predicted molar refractivity (Wildman–Crippen MR) is 61.3 cm³/mol. The molecule has 88 valence electrons. The van der Waals surface area contributed by atoms with Crippen LogP contribution in [0.25, 0.3) is 0 Å². The average molecular weight is 222 g/mol. The highest BCUT2D eigenvalue weighted by Gasteiger charge is 2.24. The molecule has 0 saturated carbocycles. The van der Waals surface area contributed by atoms with Gasteiger partial charge < -0.3 is 15.0 Å². The van der Waals surface area contributed by atoms with E-state index in [1.807, 2.05) is 12.4 Å². The van der Waals surface area contributed by atoms with Gasteiger partial charge in [-0.15, -0.1) is 0 Å². The molecule has 0 amide bonds. The second-order valence-electron chi connectivity index (χ2n) is 4.45. The summed E-state index contributed by atoms with van der Waals surface area (Å²) in [6, 6.07) is 2.07. The molecule has 0 radical (unpaired) electrons. The summed E-state index contributed by atoms with van der Waals surface area (Å²) in [5.41, 5.74) is 1.29. The number of likely N-dealkylation sites (tertiary alicyclic amines) is 1. The zero-order valence-electron chi connectivity index (χ0n) is 9.35. The number of carboxylic acids is 1. The van der Waals surface area contributed by atoms with Crippen LogP contribution in [0.5, 0.6) is 0 Å². The van der Waals surface area contributed by atoms with Crippen molar-refractivity contribution in [2.75, 3.05) is 19.6 Å².